The molecular formula is C26H27N5O2. The van der Waals surface area contributed by atoms with E-state index in [0.29, 0.717) is 11.2 Å². The summed E-state index contributed by atoms with van der Waals surface area (Å²) in [4.78, 5) is 26.9. The highest BCUT2D eigenvalue weighted by molar-refractivity contribution is 5.95. The fourth-order valence-electron chi connectivity index (χ4n) is 4.44. The molecule has 0 unspecified atom stereocenters. The molecule has 7 heteroatoms. The zero-order valence-electron chi connectivity index (χ0n) is 19.1. The number of ether oxygens (including phenoxy) is 1. The van der Waals surface area contributed by atoms with Gasteiger partial charge in [-0.2, -0.15) is 0 Å². The van der Waals surface area contributed by atoms with Crippen LogP contribution in [0.15, 0.2) is 59.8 Å². The standard InChI is InChI=1S/C26H27N5O2/c1-16-6-8-27-14-21(16)22-13-19-7-9-28-26(32)24(19)25(30-22)29-20-4-5-23(17(2)12-20)31-10-11-33-18(3)15-31/h4-9,12-14,18H,10-11,15H2,1-3H3,(H,28,32)(H,29,30)/t18-/m1/s1. The van der Waals surface area contributed by atoms with Crippen molar-refractivity contribution in [1.82, 2.24) is 15.0 Å². The normalized spacial score (nSPS) is 16.2. The van der Waals surface area contributed by atoms with Crippen molar-refractivity contribution < 1.29 is 4.74 Å². The molecule has 2 N–H and O–H groups in total. The molecule has 1 fully saturated rings. The molecule has 3 aromatic heterocycles. The van der Waals surface area contributed by atoms with Gasteiger partial charge in [0.15, 0.2) is 0 Å². The van der Waals surface area contributed by atoms with Gasteiger partial charge in [0, 0.05) is 48.6 Å². The summed E-state index contributed by atoms with van der Waals surface area (Å²) in [5, 5.41) is 4.76. The van der Waals surface area contributed by atoms with Crippen molar-refractivity contribution in [2.45, 2.75) is 26.9 Å². The fraction of sp³-hybridized carbons (Fsp3) is 0.269. The summed E-state index contributed by atoms with van der Waals surface area (Å²) in [6.07, 6.45) is 5.46. The highest BCUT2D eigenvalue weighted by Gasteiger charge is 2.19. The molecule has 0 aliphatic carbocycles. The second kappa shape index (κ2) is 8.67. The molecule has 1 aliphatic rings. The minimum absolute atomic E-state index is 0.174. The predicted octanol–water partition coefficient (Wildman–Crippen LogP) is 4.57. The number of nitrogens with zero attached hydrogens (tertiary/aromatic N) is 3. The van der Waals surface area contributed by atoms with Gasteiger partial charge < -0.3 is 19.9 Å². The molecule has 0 bridgehead atoms. The molecule has 0 amide bonds. The molecule has 7 nitrogen and oxygen atoms in total. The number of anilines is 3. The molecule has 0 radical (unpaired) electrons. The molecule has 1 aliphatic heterocycles. The lowest BCUT2D eigenvalue weighted by Gasteiger charge is -2.34. The van der Waals surface area contributed by atoms with Crippen LogP contribution >= 0.6 is 0 Å². The van der Waals surface area contributed by atoms with Gasteiger partial charge in [-0.05, 0) is 73.7 Å². The highest BCUT2D eigenvalue weighted by Crippen LogP contribution is 2.31. The third-order valence-electron chi connectivity index (χ3n) is 6.11. The molecule has 168 valence electrons. The van der Waals surface area contributed by atoms with E-state index in [9.17, 15) is 4.79 Å². The summed E-state index contributed by atoms with van der Waals surface area (Å²) in [6, 6.07) is 12.1. The van der Waals surface area contributed by atoms with E-state index in [1.54, 1.807) is 12.4 Å². The van der Waals surface area contributed by atoms with Crippen molar-refractivity contribution in [2.75, 3.05) is 29.9 Å². The van der Waals surface area contributed by atoms with E-state index in [1.165, 1.54) is 5.69 Å². The van der Waals surface area contributed by atoms with E-state index in [-0.39, 0.29) is 11.7 Å². The molecular weight excluding hydrogens is 414 g/mol. The fourth-order valence-corrected chi connectivity index (χ4v) is 4.44. The molecule has 5 rings (SSSR count). The average molecular weight is 442 g/mol. The average Bonchev–Trinajstić information content (AvgIpc) is 2.79. The minimum atomic E-state index is -0.174. The summed E-state index contributed by atoms with van der Waals surface area (Å²) < 4.78 is 5.68. The van der Waals surface area contributed by atoms with Crippen LogP contribution in [-0.4, -0.2) is 40.8 Å². The van der Waals surface area contributed by atoms with Gasteiger partial charge in [-0.1, -0.05) is 0 Å². The number of hydrogen-bond donors (Lipinski definition) is 2. The Balaban J connectivity index is 1.55. The van der Waals surface area contributed by atoms with Crippen molar-refractivity contribution in [3.05, 3.63) is 76.5 Å². The maximum absolute atomic E-state index is 12.7. The summed E-state index contributed by atoms with van der Waals surface area (Å²) in [6.45, 7) is 8.73. The van der Waals surface area contributed by atoms with Crippen molar-refractivity contribution >= 4 is 28.0 Å². The van der Waals surface area contributed by atoms with Crippen molar-refractivity contribution in [1.29, 1.82) is 0 Å². The van der Waals surface area contributed by atoms with Crippen LogP contribution in [0.4, 0.5) is 17.2 Å². The zero-order valence-corrected chi connectivity index (χ0v) is 19.1. The van der Waals surface area contributed by atoms with Crippen LogP contribution in [0.2, 0.25) is 0 Å². The predicted molar refractivity (Wildman–Crippen MR) is 132 cm³/mol. The van der Waals surface area contributed by atoms with Crippen LogP contribution < -0.4 is 15.8 Å². The lowest BCUT2D eigenvalue weighted by molar-refractivity contribution is 0.0532. The Labute approximate surface area is 192 Å². The van der Waals surface area contributed by atoms with Crippen LogP contribution in [0.5, 0.6) is 0 Å². The Hall–Kier alpha value is -3.71. The van der Waals surface area contributed by atoms with Crippen LogP contribution in [0.25, 0.3) is 22.0 Å². The quantitative estimate of drug-likeness (QED) is 0.483. The third kappa shape index (κ3) is 4.19. The molecule has 1 aromatic carbocycles. The number of rotatable bonds is 4. The smallest absolute Gasteiger partial charge is 0.259 e. The van der Waals surface area contributed by atoms with Gasteiger partial charge in [-0.25, -0.2) is 4.98 Å². The molecule has 4 heterocycles. The number of aromatic amines is 1. The molecule has 1 saturated heterocycles. The third-order valence-corrected chi connectivity index (χ3v) is 6.11. The Bertz CT molecular complexity index is 1380. The van der Waals surface area contributed by atoms with Crippen LogP contribution in [-0.2, 0) is 4.74 Å². The van der Waals surface area contributed by atoms with Crippen LogP contribution in [0, 0.1) is 13.8 Å². The van der Waals surface area contributed by atoms with Crippen molar-refractivity contribution in [3.63, 3.8) is 0 Å². The maximum Gasteiger partial charge on any atom is 0.259 e. The summed E-state index contributed by atoms with van der Waals surface area (Å²) in [5.41, 5.74) is 5.86. The second-order valence-corrected chi connectivity index (χ2v) is 8.57. The van der Waals surface area contributed by atoms with Crippen molar-refractivity contribution in [3.8, 4) is 11.3 Å². The number of fused-ring (bicyclic) bond motifs is 1. The summed E-state index contributed by atoms with van der Waals surface area (Å²) in [5.74, 6) is 0.528. The lowest BCUT2D eigenvalue weighted by atomic mass is 10.1. The second-order valence-electron chi connectivity index (χ2n) is 8.57. The number of aromatic nitrogens is 3. The lowest BCUT2D eigenvalue weighted by Crippen LogP contribution is -2.41. The number of aryl methyl sites for hydroxylation is 2. The number of morpholine rings is 1. The van der Waals surface area contributed by atoms with Crippen LogP contribution in [0.1, 0.15) is 18.1 Å². The molecule has 0 saturated carbocycles. The van der Waals surface area contributed by atoms with Gasteiger partial charge in [0.1, 0.15) is 5.82 Å². The van der Waals surface area contributed by atoms with Gasteiger partial charge in [-0.15, -0.1) is 0 Å². The Morgan fingerprint density at radius 2 is 2.03 bits per heavy atom. The van der Waals surface area contributed by atoms with E-state index in [2.05, 4.69) is 46.2 Å². The van der Waals surface area contributed by atoms with Gasteiger partial charge >= 0.3 is 0 Å². The largest absolute Gasteiger partial charge is 0.375 e. The van der Waals surface area contributed by atoms with E-state index in [1.807, 2.05) is 37.4 Å². The monoisotopic (exact) mass is 441 g/mol. The summed E-state index contributed by atoms with van der Waals surface area (Å²) >= 11 is 0. The molecule has 4 aromatic rings. The number of pyridine rings is 3. The first kappa shape index (κ1) is 21.2. The SMILES string of the molecule is Cc1ccncc1-c1cc2cc[nH]c(=O)c2c(Nc2ccc(N3CCO[C@H](C)C3)c(C)c2)n1. The zero-order chi connectivity index (χ0) is 22.9. The first-order valence-corrected chi connectivity index (χ1v) is 11.2. The Morgan fingerprint density at radius 1 is 1.15 bits per heavy atom. The minimum Gasteiger partial charge on any atom is -0.375 e. The van der Waals surface area contributed by atoms with Gasteiger partial charge in [-0.3, -0.25) is 9.78 Å². The first-order chi connectivity index (χ1) is 16.0. The number of benzene rings is 1. The number of nitrogens with one attached hydrogen (secondary N) is 2. The summed E-state index contributed by atoms with van der Waals surface area (Å²) in [7, 11) is 0. The molecule has 0 spiro atoms. The number of hydrogen-bond acceptors (Lipinski definition) is 6. The van der Waals surface area contributed by atoms with Crippen LogP contribution in [0.3, 0.4) is 0 Å². The molecule has 33 heavy (non-hydrogen) atoms. The van der Waals surface area contributed by atoms with Crippen molar-refractivity contribution in [2.24, 2.45) is 0 Å². The topological polar surface area (TPSA) is 83.1 Å². The van der Waals surface area contributed by atoms with E-state index in [0.717, 1.165) is 53.2 Å². The first-order valence-electron chi connectivity index (χ1n) is 11.2. The Kier molecular flexibility index (Phi) is 5.56. The van der Waals surface area contributed by atoms with E-state index >= 15 is 0 Å². The number of H-pyrrole nitrogens is 1. The Morgan fingerprint density at radius 3 is 2.82 bits per heavy atom. The molecule has 1 atom stereocenters. The van der Waals surface area contributed by atoms with Gasteiger partial charge in [0.2, 0.25) is 0 Å². The van der Waals surface area contributed by atoms with Gasteiger partial charge in [0.05, 0.1) is 23.8 Å². The van der Waals surface area contributed by atoms with E-state index in [4.69, 9.17) is 9.72 Å². The van der Waals surface area contributed by atoms with Gasteiger partial charge in [0.25, 0.3) is 5.56 Å². The highest BCUT2D eigenvalue weighted by atomic mass is 16.5. The maximum atomic E-state index is 12.7. The van der Waals surface area contributed by atoms with E-state index < -0.39 is 0 Å².